The number of hydrogen-bond donors (Lipinski definition) is 3. The Labute approximate surface area is 140 Å². The van der Waals surface area contributed by atoms with E-state index < -0.39 is 5.17 Å². The van der Waals surface area contributed by atoms with Gasteiger partial charge in [-0.25, -0.2) is 0 Å². The third-order valence-electron chi connectivity index (χ3n) is 0.571. The van der Waals surface area contributed by atoms with Gasteiger partial charge in [0.2, 0.25) is 0 Å². The van der Waals surface area contributed by atoms with Gasteiger partial charge in [0, 0.05) is 0 Å². The van der Waals surface area contributed by atoms with Crippen molar-refractivity contribution in [2.75, 3.05) is 12.2 Å². The molecule has 9 heteroatoms. The largest absolute Gasteiger partial charge is 0.487 e. The van der Waals surface area contributed by atoms with E-state index in [9.17, 15) is 0 Å². The van der Waals surface area contributed by atoms with Crippen LogP contribution in [0, 0.1) is 0 Å². The van der Waals surface area contributed by atoms with Crippen LogP contribution >= 0.6 is 59.4 Å². The van der Waals surface area contributed by atoms with Gasteiger partial charge < -0.3 is 21.3 Å². The average Bonchev–Trinajstić information content (AvgIpc) is 2.36. The molecule has 0 bridgehead atoms. The van der Waals surface area contributed by atoms with Crippen molar-refractivity contribution in [3.05, 3.63) is 23.2 Å². The van der Waals surface area contributed by atoms with Crippen molar-refractivity contribution in [3.63, 3.8) is 0 Å². The van der Waals surface area contributed by atoms with E-state index in [1.165, 1.54) is 11.1 Å². The van der Waals surface area contributed by atoms with Gasteiger partial charge in [-0.15, -0.1) is 11.8 Å². The molecule has 0 radical (unpaired) electrons. The van der Waals surface area contributed by atoms with Crippen LogP contribution in [0.5, 0.6) is 0 Å². The first-order valence-electron chi connectivity index (χ1n) is 4.66. The minimum atomic E-state index is -0.500. The number of aliphatic hydroxyl groups is 1. The van der Waals surface area contributed by atoms with Crippen molar-refractivity contribution in [3.8, 4) is 0 Å². The lowest BCUT2D eigenvalue weighted by molar-refractivity contribution is 0.386. The molecular weight excluding hydrogens is 347 g/mol. The summed E-state index contributed by atoms with van der Waals surface area (Å²) in [6, 6.07) is 0. The molecule has 0 amide bonds. The molecule has 0 saturated heterocycles. The molecule has 0 atom stereocenters. The van der Waals surface area contributed by atoms with Gasteiger partial charge in [0.25, 0.3) is 10.3 Å². The molecule has 0 unspecified atom stereocenters. The maximum absolute atomic E-state index is 7.56. The van der Waals surface area contributed by atoms with Crippen LogP contribution in [-0.2, 0) is 4.74 Å². The van der Waals surface area contributed by atoms with E-state index in [-0.39, 0.29) is 5.17 Å². The highest BCUT2D eigenvalue weighted by molar-refractivity contribution is 7.98. The number of thioether (sulfide) groups is 1. The van der Waals surface area contributed by atoms with Crippen LogP contribution in [0.2, 0.25) is 0 Å². The summed E-state index contributed by atoms with van der Waals surface area (Å²) in [6.45, 7) is 3.74. The van der Waals surface area contributed by atoms with Crippen LogP contribution in [0.1, 0.15) is 13.8 Å². The molecule has 0 saturated carbocycles. The van der Waals surface area contributed by atoms with Gasteiger partial charge in [-0.2, -0.15) is 0 Å². The Balaban J connectivity index is -0.0000000825. The zero-order chi connectivity index (χ0) is 16.1. The topological polar surface area (TPSA) is 81.5 Å². The van der Waals surface area contributed by atoms with E-state index in [1.807, 2.05) is 20.1 Å². The average molecular weight is 367 g/mol. The van der Waals surface area contributed by atoms with Gasteiger partial charge in [-0.1, -0.05) is 35.4 Å². The molecule has 0 fully saturated rings. The Morgan fingerprint density at radius 3 is 1.53 bits per heavy atom. The lowest BCUT2D eigenvalue weighted by Crippen LogP contribution is -2.11. The van der Waals surface area contributed by atoms with Crippen LogP contribution in [0.4, 0.5) is 0 Å². The fourth-order valence-electron chi connectivity index (χ4n) is 0.117. The monoisotopic (exact) mass is 366 g/mol. The number of thiocarbonyl (C=S) groups is 2. The summed E-state index contributed by atoms with van der Waals surface area (Å²) in [6.07, 6.45) is 5.45. The van der Waals surface area contributed by atoms with Gasteiger partial charge in [-0.3, -0.25) is 0 Å². The van der Waals surface area contributed by atoms with Crippen molar-refractivity contribution in [2.45, 2.75) is 13.8 Å². The highest BCUT2D eigenvalue weighted by Gasteiger charge is 1.81. The summed E-state index contributed by atoms with van der Waals surface area (Å²) in [5, 5.41) is 7.18. The molecule has 0 aromatic heterocycles. The van der Waals surface area contributed by atoms with Gasteiger partial charge in [0.1, 0.15) is 5.94 Å². The Morgan fingerprint density at radius 1 is 1.21 bits per heavy atom. The molecule has 19 heavy (non-hydrogen) atoms. The highest BCUT2D eigenvalue weighted by atomic mass is 35.5. The molecule has 0 rings (SSSR count). The number of nitrogens with two attached hydrogens (primary N) is 2. The number of aliphatic hydroxyl groups excluding tert-OH is 1. The Morgan fingerprint density at radius 2 is 1.47 bits per heavy atom. The summed E-state index contributed by atoms with van der Waals surface area (Å²) < 4.78 is 4.66. The quantitative estimate of drug-likeness (QED) is 0.505. The molecule has 4 nitrogen and oxygen atoms in total. The Bertz CT molecular complexity index is 231. The van der Waals surface area contributed by atoms with E-state index in [0.29, 0.717) is 5.94 Å². The highest BCUT2D eigenvalue weighted by Crippen LogP contribution is 1.90. The molecule has 0 aromatic carbocycles. The van der Waals surface area contributed by atoms with E-state index in [2.05, 4.69) is 34.9 Å². The first kappa shape index (κ1) is 27.2. The predicted molar refractivity (Wildman–Crippen MR) is 97.0 cm³/mol. The maximum Gasteiger partial charge on any atom is 0.254 e. The number of halogens is 2. The summed E-state index contributed by atoms with van der Waals surface area (Å²) in [5.74, 6) is 0.551. The third-order valence-corrected chi connectivity index (χ3v) is 1.55. The number of allylic oxidation sites excluding steroid dienone is 2. The van der Waals surface area contributed by atoms with Crippen molar-refractivity contribution >= 4 is 69.7 Å². The number of rotatable bonds is 2. The van der Waals surface area contributed by atoms with Crippen molar-refractivity contribution in [1.29, 1.82) is 0 Å². The second kappa shape index (κ2) is 30.7. The van der Waals surface area contributed by atoms with E-state index in [0.717, 1.165) is 0 Å². The standard InChI is InChI=1S/2C3H5Cl.C3H7NOS2.CH3NOS/c2*1-2-3-4;1-7-2-5-3(4)6;2-1(3)4/h2*2-3H,1H3;2H2,1H3,(H2,4,6);(H3,2,3,4). The second-order valence-electron chi connectivity index (χ2n) is 2.13. The van der Waals surface area contributed by atoms with Crippen LogP contribution in [0.25, 0.3) is 0 Å². The molecule has 0 spiro atoms. The lowest BCUT2D eigenvalue weighted by Gasteiger charge is -1.96. The van der Waals surface area contributed by atoms with E-state index >= 15 is 0 Å². The zero-order valence-electron chi connectivity index (χ0n) is 11.0. The predicted octanol–water partition coefficient (Wildman–Crippen LogP) is 3.87. The van der Waals surface area contributed by atoms with Crippen molar-refractivity contribution in [2.24, 2.45) is 11.5 Å². The molecule has 0 aliphatic heterocycles. The van der Waals surface area contributed by atoms with Crippen LogP contribution in [0.15, 0.2) is 23.2 Å². The fraction of sp³-hybridized carbons (Fsp3) is 0.400. The molecular formula is C10H20Cl2N2O2S3. The van der Waals surface area contributed by atoms with Gasteiger partial charge in [0.15, 0.2) is 0 Å². The van der Waals surface area contributed by atoms with Gasteiger partial charge >= 0.3 is 0 Å². The maximum atomic E-state index is 7.56. The fourth-order valence-corrected chi connectivity index (χ4v) is 0.495. The minimum absolute atomic E-state index is 0.120. The number of ether oxygens (including phenoxy) is 1. The molecule has 0 aliphatic rings. The lowest BCUT2D eigenvalue weighted by atomic mass is 10.8. The first-order valence-corrected chi connectivity index (χ1v) is 7.74. The van der Waals surface area contributed by atoms with Crippen LogP contribution in [0.3, 0.4) is 0 Å². The first-order chi connectivity index (χ1) is 8.83. The molecule has 0 heterocycles. The van der Waals surface area contributed by atoms with Crippen molar-refractivity contribution in [1.82, 2.24) is 0 Å². The van der Waals surface area contributed by atoms with E-state index in [1.54, 1.807) is 23.9 Å². The van der Waals surface area contributed by atoms with Crippen LogP contribution < -0.4 is 11.5 Å². The summed E-state index contributed by atoms with van der Waals surface area (Å²) in [5.41, 5.74) is 12.3. The molecule has 0 aromatic rings. The molecule has 0 aliphatic carbocycles. The normalized spacial score (nSPS) is 8.26. The van der Waals surface area contributed by atoms with E-state index in [4.69, 9.17) is 34.0 Å². The van der Waals surface area contributed by atoms with Gasteiger partial charge in [-0.05, 0) is 55.6 Å². The zero-order valence-corrected chi connectivity index (χ0v) is 15.0. The third kappa shape index (κ3) is 132. The molecule has 114 valence electrons. The summed E-state index contributed by atoms with van der Waals surface area (Å²) in [7, 11) is 0. The Hall–Kier alpha value is -0.210. The molecule has 5 N–H and O–H groups in total. The summed E-state index contributed by atoms with van der Waals surface area (Å²) >= 11 is 19.8. The van der Waals surface area contributed by atoms with Crippen molar-refractivity contribution < 1.29 is 9.84 Å². The Kier molecular flexibility index (Phi) is 43.9. The SMILES string of the molecule is CC=CCl.CC=CCl.CSCOC(N)=S.NC(O)=S. The minimum Gasteiger partial charge on any atom is -0.487 e. The van der Waals surface area contributed by atoms with Crippen LogP contribution in [-0.4, -0.2) is 27.7 Å². The second-order valence-corrected chi connectivity index (χ2v) is 4.26. The smallest absolute Gasteiger partial charge is 0.254 e. The van der Waals surface area contributed by atoms with Gasteiger partial charge in [0.05, 0.1) is 0 Å². The number of hydrogen-bond acceptors (Lipinski definition) is 4. The summed E-state index contributed by atoms with van der Waals surface area (Å²) in [4.78, 5) is 0.